The Kier molecular flexibility index (Phi) is 23.6. The lowest BCUT2D eigenvalue weighted by Crippen LogP contribution is -2.56. The first-order chi connectivity index (χ1) is 25.6. The van der Waals surface area contributed by atoms with Crippen LogP contribution in [0.15, 0.2) is 60.7 Å². The minimum absolute atomic E-state index is 0.00350. The van der Waals surface area contributed by atoms with Gasteiger partial charge >= 0.3 is 0 Å². The van der Waals surface area contributed by atoms with E-state index in [1.807, 2.05) is 76.2 Å². The number of carbonyl (C=O) groups is 5. The van der Waals surface area contributed by atoms with Gasteiger partial charge in [0.25, 0.3) is 0 Å². The van der Waals surface area contributed by atoms with Gasteiger partial charge in [0, 0.05) is 13.1 Å². The molecule has 4 atom stereocenters. The zero-order valence-corrected chi connectivity index (χ0v) is 33.3. The first-order valence-corrected chi connectivity index (χ1v) is 18.9. The van der Waals surface area contributed by atoms with E-state index in [9.17, 15) is 34.2 Å². The molecule has 1 fully saturated rings. The summed E-state index contributed by atoms with van der Waals surface area (Å²) in [6.07, 6.45) is 1.84. The van der Waals surface area contributed by atoms with Crippen LogP contribution in [0.1, 0.15) is 71.9 Å². The van der Waals surface area contributed by atoms with E-state index in [0.29, 0.717) is 25.7 Å². The summed E-state index contributed by atoms with van der Waals surface area (Å²) in [5.74, 6) is -2.46. The van der Waals surface area contributed by atoms with Crippen LogP contribution < -0.4 is 21.3 Å². The van der Waals surface area contributed by atoms with E-state index in [0.717, 1.165) is 31.9 Å². The van der Waals surface area contributed by atoms with Crippen LogP contribution in [-0.2, 0) is 35.1 Å². The molecule has 0 bridgehead atoms. The Morgan fingerprint density at radius 2 is 1.41 bits per heavy atom. The molecule has 13 heteroatoms. The number of nitrogens with one attached hydrogen (secondary N) is 4. The molecule has 1 saturated heterocycles. The number of hydrogen-bond donors (Lipinski definition) is 6. The highest BCUT2D eigenvalue weighted by Crippen LogP contribution is 2.14. The zero-order chi connectivity index (χ0) is 40.5. The number of aliphatic hydroxyl groups is 2. The van der Waals surface area contributed by atoms with Gasteiger partial charge < -0.3 is 36.2 Å². The average Bonchev–Trinajstić information content (AvgIpc) is 3.15. The average molecular weight is 756 g/mol. The van der Waals surface area contributed by atoms with Crippen molar-refractivity contribution in [2.24, 2.45) is 11.8 Å². The molecule has 0 radical (unpaired) electrons. The van der Waals surface area contributed by atoms with Crippen LogP contribution in [0.5, 0.6) is 0 Å². The normalized spacial score (nSPS) is 15.5. The Labute approximate surface area is 322 Å². The Morgan fingerprint density at radius 1 is 0.852 bits per heavy atom. The SMILES string of the molecule is CC(C)CC(NC(=O)[C@H](CCc1ccccc1)NC=O)C(=O)NCC(=O)NC(CC(C)C)C(=O)C(C)(O)CO.CCN1CCOCC1.Cc1ccccc1. The highest BCUT2D eigenvalue weighted by atomic mass is 16.5. The van der Waals surface area contributed by atoms with Crippen molar-refractivity contribution in [1.29, 1.82) is 0 Å². The Balaban J connectivity index is 0.000000789. The molecule has 0 spiro atoms. The summed E-state index contributed by atoms with van der Waals surface area (Å²) in [5, 5.41) is 29.7. The molecular formula is C41H65N5O8. The monoisotopic (exact) mass is 755 g/mol. The van der Waals surface area contributed by atoms with Gasteiger partial charge in [0.1, 0.15) is 17.7 Å². The molecule has 3 unspecified atom stereocenters. The second-order valence-corrected chi connectivity index (χ2v) is 14.5. The van der Waals surface area contributed by atoms with Gasteiger partial charge in [0.15, 0.2) is 5.78 Å². The number of hydrogen-bond acceptors (Lipinski definition) is 9. The second-order valence-electron chi connectivity index (χ2n) is 14.5. The van der Waals surface area contributed by atoms with Gasteiger partial charge in [-0.2, -0.15) is 0 Å². The third kappa shape index (κ3) is 20.3. The van der Waals surface area contributed by atoms with Crippen molar-refractivity contribution in [2.45, 2.75) is 97.9 Å². The van der Waals surface area contributed by atoms with Gasteiger partial charge in [-0.15, -0.1) is 0 Å². The van der Waals surface area contributed by atoms with E-state index >= 15 is 0 Å². The highest BCUT2D eigenvalue weighted by molar-refractivity contribution is 5.96. The predicted octanol–water partition coefficient (Wildman–Crippen LogP) is 2.56. The molecule has 4 amide bonds. The summed E-state index contributed by atoms with van der Waals surface area (Å²) in [6, 6.07) is 16.9. The number of amides is 4. The first kappa shape index (κ1) is 47.9. The summed E-state index contributed by atoms with van der Waals surface area (Å²) in [7, 11) is 0. The number of ether oxygens (including phenoxy) is 1. The summed E-state index contributed by atoms with van der Waals surface area (Å²) in [5.41, 5.74) is 0.303. The number of Topliss-reactive ketones (excluding diaryl/α,β-unsaturated/α-hetero) is 1. The fourth-order valence-electron chi connectivity index (χ4n) is 5.45. The maximum Gasteiger partial charge on any atom is 0.243 e. The van der Waals surface area contributed by atoms with Gasteiger partial charge in [-0.3, -0.25) is 28.9 Å². The summed E-state index contributed by atoms with van der Waals surface area (Å²) < 4.78 is 5.16. The number of benzene rings is 2. The van der Waals surface area contributed by atoms with Crippen LogP contribution >= 0.6 is 0 Å². The van der Waals surface area contributed by atoms with Gasteiger partial charge in [-0.1, -0.05) is 101 Å². The molecule has 13 nitrogen and oxygen atoms in total. The Hall–Kier alpha value is -4.17. The number of likely N-dealkylation sites (N-methyl/N-ethyl adjacent to an activating group) is 1. The van der Waals surface area contributed by atoms with Gasteiger partial charge in [-0.25, -0.2) is 0 Å². The smallest absolute Gasteiger partial charge is 0.243 e. The molecule has 6 N–H and O–H groups in total. The molecule has 1 aliphatic rings. The summed E-state index contributed by atoms with van der Waals surface area (Å²) in [4.78, 5) is 64.6. The lowest BCUT2D eigenvalue weighted by molar-refractivity contribution is -0.143. The van der Waals surface area contributed by atoms with Gasteiger partial charge in [0.05, 0.1) is 32.4 Å². The molecule has 1 heterocycles. The van der Waals surface area contributed by atoms with Crippen LogP contribution in [0.2, 0.25) is 0 Å². The van der Waals surface area contributed by atoms with E-state index in [1.54, 1.807) is 0 Å². The lowest BCUT2D eigenvalue weighted by atomic mass is 9.90. The van der Waals surface area contributed by atoms with Crippen LogP contribution in [0.25, 0.3) is 0 Å². The zero-order valence-electron chi connectivity index (χ0n) is 33.3. The Bertz CT molecular complexity index is 1370. The topological polar surface area (TPSA) is 186 Å². The molecule has 0 aromatic heterocycles. The number of aliphatic hydroxyl groups excluding tert-OH is 1. The molecule has 0 aliphatic carbocycles. The number of aryl methyl sites for hydroxylation is 2. The van der Waals surface area contributed by atoms with Crippen LogP contribution in [0, 0.1) is 18.8 Å². The molecule has 0 saturated carbocycles. The van der Waals surface area contributed by atoms with Crippen molar-refractivity contribution < 1.29 is 38.9 Å². The molecule has 54 heavy (non-hydrogen) atoms. The standard InChI is InChI=1S/C28H44N4O7.C7H8.C6H13NO/c1-18(2)13-22(25(36)28(5,39)16-33)31-24(35)15-29-26(37)23(14-19(3)4)32-27(38)21(30-17-34)12-11-20-9-7-6-8-10-20;1-7-5-3-2-4-6-7;1-2-7-3-5-8-6-4-7/h6-10,17-19,21-23,33,39H,11-16H2,1-5H3,(H,29,37)(H,30,34)(H,31,35)(H,32,38);2-6H,1H3;2-6H2,1H3/t21-,22?,23?,28?;;/m0../s1. The third-order valence-corrected chi connectivity index (χ3v) is 8.60. The maximum absolute atomic E-state index is 13.0. The summed E-state index contributed by atoms with van der Waals surface area (Å²) >= 11 is 0. The van der Waals surface area contributed by atoms with Gasteiger partial charge in [-0.05, 0) is 63.5 Å². The number of morpholine rings is 1. The number of carbonyl (C=O) groups excluding carboxylic acids is 5. The Morgan fingerprint density at radius 3 is 1.87 bits per heavy atom. The third-order valence-electron chi connectivity index (χ3n) is 8.60. The van der Waals surface area contributed by atoms with E-state index in [2.05, 4.69) is 52.1 Å². The van der Waals surface area contributed by atoms with Crippen molar-refractivity contribution >= 4 is 29.9 Å². The minimum atomic E-state index is -2.02. The maximum atomic E-state index is 13.0. The molecule has 2 aromatic rings. The summed E-state index contributed by atoms with van der Waals surface area (Å²) in [6.45, 7) is 16.9. The largest absolute Gasteiger partial charge is 0.393 e. The van der Waals surface area contributed by atoms with Crippen molar-refractivity contribution in [3.05, 3.63) is 71.8 Å². The molecule has 3 rings (SSSR count). The fourth-order valence-corrected chi connectivity index (χ4v) is 5.45. The molecule has 302 valence electrons. The molecular weight excluding hydrogens is 690 g/mol. The lowest BCUT2D eigenvalue weighted by Gasteiger charge is -2.27. The second kappa shape index (κ2) is 26.6. The van der Waals surface area contributed by atoms with Crippen molar-refractivity contribution in [3.63, 3.8) is 0 Å². The first-order valence-electron chi connectivity index (χ1n) is 18.9. The van der Waals surface area contributed by atoms with Crippen molar-refractivity contribution in [2.75, 3.05) is 46.0 Å². The van der Waals surface area contributed by atoms with Gasteiger partial charge in [0.2, 0.25) is 24.1 Å². The fraction of sp³-hybridized carbons (Fsp3) is 0.585. The number of ketones is 1. The quantitative estimate of drug-likeness (QED) is 0.117. The van der Waals surface area contributed by atoms with Crippen LogP contribution in [0.4, 0.5) is 0 Å². The molecule has 2 aromatic carbocycles. The minimum Gasteiger partial charge on any atom is -0.393 e. The van der Waals surface area contributed by atoms with Crippen LogP contribution in [0.3, 0.4) is 0 Å². The van der Waals surface area contributed by atoms with Crippen molar-refractivity contribution in [1.82, 2.24) is 26.2 Å². The van der Waals surface area contributed by atoms with E-state index in [4.69, 9.17) is 4.74 Å². The predicted molar refractivity (Wildman–Crippen MR) is 210 cm³/mol. The van der Waals surface area contributed by atoms with E-state index in [1.165, 1.54) is 19.0 Å². The van der Waals surface area contributed by atoms with E-state index in [-0.39, 0.29) is 18.3 Å². The van der Waals surface area contributed by atoms with E-state index < -0.39 is 60.4 Å². The van der Waals surface area contributed by atoms with Crippen LogP contribution in [-0.4, -0.2) is 115 Å². The number of rotatable bonds is 19. The number of nitrogens with zero attached hydrogens (tertiary/aromatic N) is 1. The molecule has 1 aliphatic heterocycles. The highest BCUT2D eigenvalue weighted by Gasteiger charge is 2.36. The van der Waals surface area contributed by atoms with Crippen molar-refractivity contribution in [3.8, 4) is 0 Å².